The molecule has 0 aliphatic heterocycles. The van der Waals surface area contributed by atoms with Crippen molar-refractivity contribution in [3.05, 3.63) is 125 Å². The van der Waals surface area contributed by atoms with Gasteiger partial charge in [0, 0.05) is 17.4 Å². The SMILES string of the molecule is Cc1ccc(S(=O)(=O)n2nc(C=O)c3c2CC(c2ccccc2)(c2ccccc2)C=C3)cc1. The Morgan fingerprint density at radius 1 is 0.879 bits per heavy atom. The van der Waals surface area contributed by atoms with Crippen LogP contribution in [0.15, 0.2) is 95.9 Å². The number of allylic oxidation sites excluding steroid dienone is 1. The molecule has 5 rings (SSSR count). The van der Waals surface area contributed by atoms with Crippen molar-refractivity contribution in [2.75, 3.05) is 0 Å². The number of aryl methyl sites for hydroxylation is 1. The van der Waals surface area contributed by atoms with E-state index in [4.69, 9.17) is 0 Å². The van der Waals surface area contributed by atoms with E-state index < -0.39 is 15.4 Å². The predicted molar refractivity (Wildman–Crippen MR) is 128 cm³/mol. The fourth-order valence-corrected chi connectivity index (χ4v) is 5.81. The van der Waals surface area contributed by atoms with Crippen LogP contribution in [0.3, 0.4) is 0 Å². The Bertz CT molecular complexity index is 1410. The lowest BCUT2D eigenvalue weighted by Gasteiger charge is -2.35. The van der Waals surface area contributed by atoms with Crippen LogP contribution in [-0.4, -0.2) is 23.9 Å². The van der Waals surface area contributed by atoms with Gasteiger partial charge in [-0.05, 0) is 30.2 Å². The van der Waals surface area contributed by atoms with Crippen molar-refractivity contribution in [3.63, 3.8) is 0 Å². The maximum absolute atomic E-state index is 13.6. The van der Waals surface area contributed by atoms with Crippen molar-refractivity contribution >= 4 is 22.4 Å². The second-order valence-electron chi connectivity index (χ2n) is 8.24. The molecule has 0 fully saturated rings. The van der Waals surface area contributed by atoms with E-state index in [1.807, 2.05) is 73.7 Å². The summed E-state index contributed by atoms with van der Waals surface area (Å²) in [6, 6.07) is 26.6. The molecule has 0 atom stereocenters. The van der Waals surface area contributed by atoms with E-state index in [2.05, 4.69) is 11.2 Å². The van der Waals surface area contributed by atoms with E-state index in [-0.39, 0.29) is 10.6 Å². The van der Waals surface area contributed by atoms with E-state index in [1.54, 1.807) is 24.3 Å². The number of fused-ring (bicyclic) bond motifs is 1. The number of carbonyl (C=O) groups is 1. The van der Waals surface area contributed by atoms with E-state index in [1.165, 1.54) is 0 Å². The van der Waals surface area contributed by atoms with Gasteiger partial charge in [-0.3, -0.25) is 4.79 Å². The van der Waals surface area contributed by atoms with Gasteiger partial charge in [0.05, 0.1) is 10.6 Å². The van der Waals surface area contributed by atoms with Crippen molar-refractivity contribution in [2.45, 2.75) is 23.7 Å². The van der Waals surface area contributed by atoms with Crippen LogP contribution in [0.1, 0.15) is 38.4 Å². The van der Waals surface area contributed by atoms with Crippen molar-refractivity contribution in [1.82, 2.24) is 9.19 Å². The lowest BCUT2D eigenvalue weighted by Crippen LogP contribution is -2.32. The smallest absolute Gasteiger partial charge is 0.283 e. The zero-order valence-corrected chi connectivity index (χ0v) is 18.9. The first-order chi connectivity index (χ1) is 16.0. The number of benzene rings is 3. The summed E-state index contributed by atoms with van der Waals surface area (Å²) in [6.45, 7) is 1.90. The molecule has 0 amide bonds. The van der Waals surface area contributed by atoms with E-state index in [0.717, 1.165) is 20.8 Å². The van der Waals surface area contributed by atoms with E-state index in [0.29, 0.717) is 24.0 Å². The Morgan fingerprint density at radius 3 is 2.00 bits per heavy atom. The molecule has 1 aromatic heterocycles. The summed E-state index contributed by atoms with van der Waals surface area (Å²) >= 11 is 0. The first-order valence-corrected chi connectivity index (χ1v) is 12.1. The third kappa shape index (κ3) is 3.43. The van der Waals surface area contributed by atoms with Gasteiger partial charge in [-0.1, -0.05) is 90.5 Å². The minimum Gasteiger partial charge on any atom is -0.296 e. The van der Waals surface area contributed by atoms with E-state index in [9.17, 15) is 13.2 Å². The zero-order chi connectivity index (χ0) is 23.1. The van der Waals surface area contributed by atoms with Gasteiger partial charge in [-0.25, -0.2) is 0 Å². The number of aromatic nitrogens is 2. The Hall–Kier alpha value is -3.77. The molecule has 0 unspecified atom stereocenters. The molecule has 0 saturated carbocycles. The summed E-state index contributed by atoms with van der Waals surface area (Å²) < 4.78 is 28.2. The number of hydrogen-bond donors (Lipinski definition) is 0. The summed E-state index contributed by atoms with van der Waals surface area (Å²) in [5.74, 6) is 0. The van der Waals surface area contributed by atoms with Gasteiger partial charge in [-0.15, -0.1) is 0 Å². The number of rotatable bonds is 5. The van der Waals surface area contributed by atoms with Crippen LogP contribution >= 0.6 is 0 Å². The van der Waals surface area contributed by atoms with Gasteiger partial charge in [-0.2, -0.15) is 17.6 Å². The first kappa shape index (κ1) is 21.1. The Balaban J connectivity index is 1.74. The minimum atomic E-state index is -3.99. The third-order valence-corrected chi connectivity index (χ3v) is 7.86. The molecule has 1 aliphatic rings. The zero-order valence-electron chi connectivity index (χ0n) is 18.0. The molecule has 0 spiro atoms. The van der Waals surface area contributed by atoms with Gasteiger partial charge in [0.2, 0.25) is 0 Å². The molecule has 5 nitrogen and oxygen atoms in total. The molecule has 1 aliphatic carbocycles. The highest BCUT2D eigenvalue weighted by Gasteiger charge is 2.39. The summed E-state index contributed by atoms with van der Waals surface area (Å²) in [5.41, 5.74) is 3.58. The standard InChI is InChI=1S/C27H22N2O3S/c1-20-12-14-23(15-13-20)33(31,32)29-26-18-27(21-8-4-2-5-9-21,22-10-6-3-7-11-22)17-16-24(26)25(19-30)28-29/h2-17,19H,18H2,1H3. The lowest BCUT2D eigenvalue weighted by molar-refractivity contribution is 0.111. The average Bonchev–Trinajstić information content (AvgIpc) is 3.24. The summed E-state index contributed by atoms with van der Waals surface area (Å²) in [6.07, 6.45) is 4.84. The maximum Gasteiger partial charge on any atom is 0.283 e. The Morgan fingerprint density at radius 2 is 1.45 bits per heavy atom. The topological polar surface area (TPSA) is 69.0 Å². The van der Waals surface area contributed by atoms with Crippen LogP contribution in [0, 0.1) is 6.92 Å². The highest BCUT2D eigenvalue weighted by Crippen LogP contribution is 2.42. The first-order valence-electron chi connectivity index (χ1n) is 10.7. The molecule has 33 heavy (non-hydrogen) atoms. The Labute approximate surface area is 193 Å². The second-order valence-corrected chi connectivity index (χ2v) is 10.0. The van der Waals surface area contributed by atoms with E-state index >= 15 is 0 Å². The molecule has 6 heteroatoms. The summed E-state index contributed by atoms with van der Waals surface area (Å²) in [4.78, 5) is 11.9. The van der Waals surface area contributed by atoms with Gasteiger partial charge in [0.25, 0.3) is 10.0 Å². The molecule has 0 radical (unpaired) electrons. The van der Waals surface area contributed by atoms with Crippen LogP contribution in [-0.2, 0) is 21.9 Å². The van der Waals surface area contributed by atoms with Gasteiger partial charge < -0.3 is 0 Å². The molecular weight excluding hydrogens is 432 g/mol. The number of carbonyl (C=O) groups excluding carboxylic acids is 1. The van der Waals surface area contributed by atoms with Crippen molar-refractivity contribution in [2.24, 2.45) is 0 Å². The highest BCUT2D eigenvalue weighted by molar-refractivity contribution is 7.89. The molecule has 4 aromatic rings. The molecule has 3 aromatic carbocycles. The van der Waals surface area contributed by atoms with Gasteiger partial charge >= 0.3 is 0 Å². The largest absolute Gasteiger partial charge is 0.296 e. The fourth-order valence-electron chi connectivity index (χ4n) is 4.49. The molecule has 0 bridgehead atoms. The number of aldehydes is 1. The average molecular weight is 455 g/mol. The number of nitrogens with zero attached hydrogens (tertiary/aromatic N) is 2. The monoisotopic (exact) mass is 454 g/mol. The van der Waals surface area contributed by atoms with Gasteiger partial charge in [0.15, 0.2) is 6.29 Å². The van der Waals surface area contributed by atoms with Crippen LogP contribution in [0.2, 0.25) is 0 Å². The minimum absolute atomic E-state index is 0.117. The highest BCUT2D eigenvalue weighted by atomic mass is 32.2. The quantitative estimate of drug-likeness (QED) is 0.406. The molecular formula is C27H22N2O3S. The van der Waals surface area contributed by atoms with Gasteiger partial charge in [0.1, 0.15) is 5.69 Å². The third-order valence-electron chi connectivity index (χ3n) is 6.23. The van der Waals surface area contributed by atoms with Crippen molar-refractivity contribution in [3.8, 4) is 0 Å². The predicted octanol–water partition coefficient (Wildman–Crippen LogP) is 4.80. The normalized spacial score (nSPS) is 14.6. The molecule has 0 saturated heterocycles. The summed E-state index contributed by atoms with van der Waals surface area (Å²) in [5, 5.41) is 4.24. The maximum atomic E-state index is 13.6. The molecule has 1 heterocycles. The van der Waals surface area contributed by atoms with Crippen LogP contribution in [0.25, 0.3) is 6.08 Å². The molecule has 0 N–H and O–H groups in total. The van der Waals surface area contributed by atoms with Crippen LogP contribution < -0.4 is 0 Å². The van der Waals surface area contributed by atoms with Crippen LogP contribution in [0.4, 0.5) is 0 Å². The Kier molecular flexibility index (Phi) is 5.10. The molecule has 164 valence electrons. The fraction of sp³-hybridized carbons (Fsp3) is 0.111. The van der Waals surface area contributed by atoms with Crippen molar-refractivity contribution < 1.29 is 13.2 Å². The van der Waals surface area contributed by atoms with Crippen molar-refractivity contribution in [1.29, 1.82) is 0 Å². The lowest BCUT2D eigenvalue weighted by atomic mass is 9.68. The summed E-state index contributed by atoms with van der Waals surface area (Å²) in [7, 11) is -3.99. The second kappa shape index (κ2) is 7.98. The van der Waals surface area contributed by atoms with Crippen LogP contribution in [0.5, 0.6) is 0 Å². The number of hydrogen-bond acceptors (Lipinski definition) is 4.